The average molecular weight is 289 g/mol. The summed E-state index contributed by atoms with van der Waals surface area (Å²) in [6, 6.07) is 6.43. The van der Waals surface area contributed by atoms with Crippen molar-refractivity contribution in [2.24, 2.45) is 11.8 Å². The Bertz CT molecular complexity index is 544. The Hall–Kier alpha value is -2.17. The van der Waals surface area contributed by atoms with E-state index in [1.54, 1.807) is 24.3 Å². The van der Waals surface area contributed by atoms with Crippen LogP contribution in [0.5, 0.6) is 0 Å². The smallest absolute Gasteiger partial charge is 0.330 e. The van der Waals surface area contributed by atoms with Crippen molar-refractivity contribution in [3.63, 3.8) is 0 Å². The van der Waals surface area contributed by atoms with Gasteiger partial charge in [0.15, 0.2) is 0 Å². The molecule has 0 fully saturated rings. The Labute approximate surface area is 123 Å². The number of carbonyl (C=O) groups excluding carboxylic acids is 3. The molecule has 5 heteroatoms. The number of hydrogen-bond acceptors (Lipinski definition) is 4. The molecule has 1 aliphatic heterocycles. The summed E-state index contributed by atoms with van der Waals surface area (Å²) in [6.07, 6.45) is 1.07. The Morgan fingerprint density at radius 2 is 1.62 bits per heavy atom. The lowest BCUT2D eigenvalue weighted by Gasteiger charge is -2.16. The second-order valence-corrected chi connectivity index (χ2v) is 5.85. The lowest BCUT2D eigenvalue weighted by molar-refractivity contribution is -0.169. The van der Waals surface area contributed by atoms with E-state index in [0.29, 0.717) is 11.0 Å². The first-order valence-electron chi connectivity index (χ1n) is 7.08. The van der Waals surface area contributed by atoms with Gasteiger partial charge < -0.3 is 4.84 Å². The van der Waals surface area contributed by atoms with Crippen molar-refractivity contribution < 1.29 is 19.2 Å². The summed E-state index contributed by atoms with van der Waals surface area (Å²) in [5.41, 5.74) is 0.538. The normalized spacial score (nSPS) is 15.3. The molecule has 5 nitrogen and oxygen atoms in total. The van der Waals surface area contributed by atoms with Crippen LogP contribution in [0.1, 0.15) is 54.3 Å². The molecule has 1 aromatic rings. The van der Waals surface area contributed by atoms with Gasteiger partial charge in [-0.25, -0.2) is 4.79 Å². The second-order valence-electron chi connectivity index (χ2n) is 5.85. The summed E-state index contributed by atoms with van der Waals surface area (Å²) in [4.78, 5) is 40.9. The molecule has 2 amide bonds. The number of amides is 2. The summed E-state index contributed by atoms with van der Waals surface area (Å²) in [7, 11) is 0. The molecule has 21 heavy (non-hydrogen) atoms. The number of benzene rings is 1. The van der Waals surface area contributed by atoms with Gasteiger partial charge >= 0.3 is 5.97 Å². The molecule has 0 N–H and O–H groups in total. The first-order chi connectivity index (χ1) is 9.90. The van der Waals surface area contributed by atoms with Crippen molar-refractivity contribution in [3.05, 3.63) is 35.4 Å². The topological polar surface area (TPSA) is 63.7 Å². The Kier molecular flexibility index (Phi) is 4.40. The van der Waals surface area contributed by atoms with Crippen LogP contribution in [-0.4, -0.2) is 22.8 Å². The average Bonchev–Trinajstić information content (AvgIpc) is 2.63. The van der Waals surface area contributed by atoms with Crippen molar-refractivity contribution in [2.75, 3.05) is 0 Å². The van der Waals surface area contributed by atoms with Crippen LogP contribution in [0.15, 0.2) is 24.3 Å². The molecule has 0 spiro atoms. The van der Waals surface area contributed by atoms with Crippen LogP contribution in [0.2, 0.25) is 0 Å². The summed E-state index contributed by atoms with van der Waals surface area (Å²) in [5, 5.41) is 0.565. The SMILES string of the molecule is CC(C)CC(C)CC(=O)ON1C(=O)c2ccccc2C1=O. The van der Waals surface area contributed by atoms with Gasteiger partial charge in [0.1, 0.15) is 0 Å². The molecule has 1 atom stereocenters. The molecule has 1 unspecified atom stereocenters. The molecule has 0 saturated carbocycles. The van der Waals surface area contributed by atoms with Crippen LogP contribution in [-0.2, 0) is 9.63 Å². The molecule has 0 saturated heterocycles. The molecule has 1 aromatic carbocycles. The number of fused-ring (bicyclic) bond motifs is 1. The van der Waals surface area contributed by atoms with Crippen LogP contribution >= 0.6 is 0 Å². The minimum Gasteiger partial charge on any atom is -0.330 e. The molecule has 1 heterocycles. The van der Waals surface area contributed by atoms with Gasteiger partial charge in [-0.2, -0.15) is 0 Å². The number of imide groups is 1. The third-order valence-corrected chi connectivity index (χ3v) is 3.34. The first kappa shape index (κ1) is 15.2. The van der Waals surface area contributed by atoms with Gasteiger partial charge in [-0.15, -0.1) is 0 Å². The Balaban J connectivity index is 2.00. The highest BCUT2D eigenvalue weighted by Crippen LogP contribution is 2.23. The van der Waals surface area contributed by atoms with E-state index in [9.17, 15) is 14.4 Å². The fourth-order valence-electron chi connectivity index (χ4n) is 2.56. The predicted octanol–water partition coefficient (Wildman–Crippen LogP) is 2.81. The van der Waals surface area contributed by atoms with Gasteiger partial charge in [0.25, 0.3) is 11.8 Å². The maximum absolute atomic E-state index is 12.0. The van der Waals surface area contributed by atoms with E-state index in [-0.39, 0.29) is 23.5 Å². The zero-order valence-corrected chi connectivity index (χ0v) is 12.5. The molecule has 0 aliphatic carbocycles. The predicted molar refractivity (Wildman–Crippen MR) is 76.3 cm³/mol. The third kappa shape index (κ3) is 3.29. The van der Waals surface area contributed by atoms with Gasteiger partial charge in [-0.1, -0.05) is 38.0 Å². The van der Waals surface area contributed by atoms with E-state index in [0.717, 1.165) is 6.42 Å². The molecule has 1 aliphatic rings. The van der Waals surface area contributed by atoms with Gasteiger partial charge in [0.05, 0.1) is 17.5 Å². The summed E-state index contributed by atoms with van der Waals surface area (Å²) < 4.78 is 0. The quantitative estimate of drug-likeness (QED) is 0.782. The zero-order chi connectivity index (χ0) is 15.6. The van der Waals surface area contributed by atoms with Crippen molar-refractivity contribution >= 4 is 17.8 Å². The number of hydrogen-bond donors (Lipinski definition) is 0. The standard InChI is InChI=1S/C16H19NO4/c1-10(2)8-11(3)9-14(18)21-17-15(19)12-6-4-5-7-13(12)16(17)20/h4-7,10-11H,8-9H2,1-3H3. The van der Waals surface area contributed by atoms with Gasteiger partial charge in [0, 0.05) is 0 Å². The lowest BCUT2D eigenvalue weighted by atomic mass is 9.96. The second kappa shape index (κ2) is 6.08. The van der Waals surface area contributed by atoms with Gasteiger partial charge in [-0.3, -0.25) is 9.59 Å². The molecular weight excluding hydrogens is 270 g/mol. The van der Waals surface area contributed by atoms with E-state index in [2.05, 4.69) is 13.8 Å². The largest absolute Gasteiger partial charge is 0.333 e. The van der Waals surface area contributed by atoms with Crippen molar-refractivity contribution in [2.45, 2.75) is 33.6 Å². The van der Waals surface area contributed by atoms with E-state index >= 15 is 0 Å². The monoisotopic (exact) mass is 289 g/mol. The van der Waals surface area contributed by atoms with E-state index in [4.69, 9.17) is 4.84 Å². The molecular formula is C16H19NO4. The van der Waals surface area contributed by atoms with E-state index in [1.807, 2.05) is 6.92 Å². The summed E-state index contributed by atoms with van der Waals surface area (Å²) in [6.45, 7) is 6.10. The minimum absolute atomic E-state index is 0.146. The zero-order valence-electron chi connectivity index (χ0n) is 12.5. The molecule has 0 aromatic heterocycles. The molecule has 112 valence electrons. The van der Waals surface area contributed by atoms with Gasteiger partial charge in [0.2, 0.25) is 0 Å². The molecule has 2 rings (SSSR count). The summed E-state index contributed by atoms with van der Waals surface area (Å²) in [5.74, 6) is -1.10. The first-order valence-corrected chi connectivity index (χ1v) is 7.08. The minimum atomic E-state index is -0.583. The summed E-state index contributed by atoms with van der Waals surface area (Å²) >= 11 is 0. The number of nitrogens with zero attached hydrogens (tertiary/aromatic N) is 1. The number of carbonyl (C=O) groups is 3. The lowest BCUT2D eigenvalue weighted by Crippen LogP contribution is -2.33. The maximum Gasteiger partial charge on any atom is 0.333 e. The third-order valence-electron chi connectivity index (χ3n) is 3.34. The van der Waals surface area contributed by atoms with Crippen LogP contribution in [0, 0.1) is 11.8 Å². The number of rotatable bonds is 5. The highest BCUT2D eigenvalue weighted by atomic mass is 16.7. The van der Waals surface area contributed by atoms with Crippen LogP contribution in [0.25, 0.3) is 0 Å². The molecule has 0 bridgehead atoms. The Morgan fingerprint density at radius 1 is 1.10 bits per heavy atom. The fraction of sp³-hybridized carbons (Fsp3) is 0.438. The van der Waals surface area contributed by atoms with E-state index in [1.165, 1.54) is 0 Å². The highest BCUT2D eigenvalue weighted by molar-refractivity contribution is 6.20. The maximum atomic E-state index is 12.0. The Morgan fingerprint density at radius 3 is 2.10 bits per heavy atom. The molecule has 0 radical (unpaired) electrons. The number of hydroxylamine groups is 2. The fourth-order valence-corrected chi connectivity index (χ4v) is 2.56. The highest BCUT2D eigenvalue weighted by Gasteiger charge is 2.38. The van der Waals surface area contributed by atoms with Crippen LogP contribution in [0.3, 0.4) is 0 Å². The van der Waals surface area contributed by atoms with Crippen LogP contribution in [0.4, 0.5) is 0 Å². The van der Waals surface area contributed by atoms with E-state index < -0.39 is 17.8 Å². The van der Waals surface area contributed by atoms with Crippen molar-refractivity contribution in [1.82, 2.24) is 5.06 Å². The van der Waals surface area contributed by atoms with Gasteiger partial charge in [-0.05, 0) is 30.4 Å². The van der Waals surface area contributed by atoms with Crippen molar-refractivity contribution in [1.29, 1.82) is 0 Å². The van der Waals surface area contributed by atoms with Crippen molar-refractivity contribution in [3.8, 4) is 0 Å². The van der Waals surface area contributed by atoms with Crippen LogP contribution < -0.4 is 0 Å².